The molecule has 1 saturated heterocycles. The molecule has 0 bridgehead atoms. The van der Waals surface area contributed by atoms with Crippen LogP contribution in [0.5, 0.6) is 11.5 Å². The summed E-state index contributed by atoms with van der Waals surface area (Å²) in [6.45, 7) is 2.14. The first-order valence-corrected chi connectivity index (χ1v) is 10.1. The summed E-state index contributed by atoms with van der Waals surface area (Å²) in [4.78, 5) is 25.0. The van der Waals surface area contributed by atoms with Crippen LogP contribution < -0.4 is 10.2 Å². The number of hydrogen-bond donors (Lipinski definition) is 2. The van der Waals surface area contributed by atoms with E-state index in [-0.39, 0.29) is 21.9 Å². The van der Waals surface area contributed by atoms with E-state index in [0.717, 1.165) is 42.5 Å². The topological polar surface area (TPSA) is 78.9 Å². The number of phenolic OH excluding ortho intramolecular Hbond substituents is 1. The molecule has 1 aromatic carbocycles. The minimum absolute atomic E-state index is 0.0217. The van der Waals surface area contributed by atoms with E-state index in [0.29, 0.717) is 22.6 Å². The van der Waals surface area contributed by atoms with Gasteiger partial charge in [-0.25, -0.2) is 0 Å². The van der Waals surface area contributed by atoms with Crippen molar-refractivity contribution in [3.05, 3.63) is 28.7 Å². The summed E-state index contributed by atoms with van der Waals surface area (Å²) in [7, 11) is 1.45. The van der Waals surface area contributed by atoms with Gasteiger partial charge in [0, 0.05) is 6.42 Å². The molecule has 146 valence electrons. The number of amides is 2. The number of ether oxygens (including phenoxy) is 1. The Balaban J connectivity index is 1.97. The number of nitrogens with zero attached hydrogens (tertiary/aromatic N) is 1. The van der Waals surface area contributed by atoms with Gasteiger partial charge in [-0.3, -0.25) is 15.0 Å². The first-order chi connectivity index (χ1) is 13.0. The highest BCUT2D eigenvalue weighted by Crippen LogP contribution is 2.33. The molecule has 0 aliphatic carbocycles. The number of rotatable bonds is 9. The zero-order valence-electron chi connectivity index (χ0n) is 15.5. The first-order valence-electron chi connectivity index (χ1n) is 8.90. The average Bonchev–Trinajstić information content (AvgIpc) is 2.90. The Hall–Kier alpha value is -2.06. The highest BCUT2D eigenvalue weighted by Gasteiger charge is 2.33. The molecular formula is C19H24N2O4S2. The smallest absolute Gasteiger partial charge is 0.285 e. The number of benzene rings is 1. The minimum Gasteiger partial charge on any atom is -0.504 e. The molecule has 1 fully saturated rings. The van der Waals surface area contributed by atoms with Gasteiger partial charge in [-0.05, 0) is 42.4 Å². The SMILES string of the molecule is CCCCCCCC(=O)NN1C(=O)C(=Cc2ccc(O)c(OC)c2)SC1=S. The maximum atomic E-state index is 12.5. The van der Waals surface area contributed by atoms with Crippen molar-refractivity contribution in [3.8, 4) is 11.5 Å². The third kappa shape index (κ3) is 5.97. The Kier molecular flexibility index (Phi) is 8.12. The summed E-state index contributed by atoms with van der Waals surface area (Å²) in [5.74, 6) is -0.240. The van der Waals surface area contributed by atoms with Gasteiger partial charge < -0.3 is 9.84 Å². The van der Waals surface area contributed by atoms with E-state index >= 15 is 0 Å². The standard InChI is InChI=1S/C19H24N2O4S2/c1-3-4-5-6-7-8-17(23)20-21-18(24)16(27-19(21)26)12-13-9-10-14(22)15(11-13)25-2/h9-12,22H,3-8H2,1-2H3,(H,20,23). The Bertz CT molecular complexity index is 749. The van der Waals surface area contributed by atoms with Crippen LogP contribution >= 0.6 is 24.0 Å². The van der Waals surface area contributed by atoms with Gasteiger partial charge in [0.15, 0.2) is 15.8 Å². The number of nitrogens with one attached hydrogen (secondary N) is 1. The van der Waals surface area contributed by atoms with Crippen LogP contribution in [0.15, 0.2) is 23.1 Å². The van der Waals surface area contributed by atoms with Crippen molar-refractivity contribution in [2.75, 3.05) is 7.11 Å². The Labute approximate surface area is 168 Å². The molecule has 8 heteroatoms. The summed E-state index contributed by atoms with van der Waals surface area (Å²) in [6.07, 6.45) is 7.26. The molecule has 2 rings (SSSR count). The quantitative estimate of drug-likeness (QED) is 0.365. The molecule has 0 atom stereocenters. The summed E-state index contributed by atoms with van der Waals surface area (Å²) < 4.78 is 5.36. The molecule has 6 nitrogen and oxygen atoms in total. The van der Waals surface area contributed by atoms with Gasteiger partial charge in [0.25, 0.3) is 5.91 Å². The lowest BCUT2D eigenvalue weighted by Gasteiger charge is -2.15. The maximum absolute atomic E-state index is 12.5. The van der Waals surface area contributed by atoms with E-state index in [1.807, 2.05) is 0 Å². The molecule has 27 heavy (non-hydrogen) atoms. The van der Waals surface area contributed by atoms with E-state index < -0.39 is 0 Å². The van der Waals surface area contributed by atoms with Gasteiger partial charge in [0.1, 0.15) is 0 Å². The molecule has 0 aromatic heterocycles. The molecule has 1 heterocycles. The van der Waals surface area contributed by atoms with Crippen molar-refractivity contribution in [1.82, 2.24) is 10.4 Å². The number of thioether (sulfide) groups is 1. The Morgan fingerprint density at radius 2 is 2.07 bits per heavy atom. The van der Waals surface area contributed by atoms with E-state index in [2.05, 4.69) is 12.3 Å². The summed E-state index contributed by atoms with van der Waals surface area (Å²) >= 11 is 6.34. The fraction of sp³-hybridized carbons (Fsp3) is 0.421. The van der Waals surface area contributed by atoms with Crippen LogP contribution in [0.3, 0.4) is 0 Å². The number of methoxy groups -OCH3 is 1. The summed E-state index contributed by atoms with van der Waals surface area (Å²) in [5.41, 5.74) is 3.28. The molecule has 2 amide bonds. The molecular weight excluding hydrogens is 384 g/mol. The van der Waals surface area contributed by atoms with E-state index in [1.54, 1.807) is 18.2 Å². The lowest BCUT2D eigenvalue weighted by atomic mass is 10.1. The Morgan fingerprint density at radius 3 is 2.78 bits per heavy atom. The third-order valence-electron chi connectivity index (χ3n) is 4.04. The number of carbonyl (C=O) groups excluding carboxylic acids is 2. The van der Waals surface area contributed by atoms with Gasteiger partial charge in [0.2, 0.25) is 5.91 Å². The monoisotopic (exact) mass is 408 g/mol. The lowest BCUT2D eigenvalue weighted by Crippen LogP contribution is -2.44. The normalized spacial score (nSPS) is 15.5. The second kappa shape index (κ2) is 10.3. The molecule has 0 saturated carbocycles. The molecule has 1 aliphatic heterocycles. The largest absolute Gasteiger partial charge is 0.504 e. The highest BCUT2D eigenvalue weighted by molar-refractivity contribution is 8.26. The van der Waals surface area contributed by atoms with E-state index in [1.165, 1.54) is 19.6 Å². The number of unbranched alkanes of at least 4 members (excludes halogenated alkanes) is 4. The van der Waals surface area contributed by atoms with Crippen LogP contribution in [-0.4, -0.2) is 33.4 Å². The zero-order valence-corrected chi connectivity index (χ0v) is 17.1. The minimum atomic E-state index is -0.364. The van der Waals surface area contributed by atoms with Crippen LogP contribution in [0, 0.1) is 0 Å². The maximum Gasteiger partial charge on any atom is 0.285 e. The number of hydrogen-bond acceptors (Lipinski definition) is 6. The van der Waals surface area contributed by atoms with E-state index in [4.69, 9.17) is 17.0 Å². The third-order valence-corrected chi connectivity index (χ3v) is 5.34. The fourth-order valence-corrected chi connectivity index (χ4v) is 3.75. The molecule has 2 N–H and O–H groups in total. The van der Waals surface area contributed by atoms with Gasteiger partial charge in [0.05, 0.1) is 12.0 Å². The van der Waals surface area contributed by atoms with Crippen molar-refractivity contribution in [2.24, 2.45) is 0 Å². The number of hydrazine groups is 1. The van der Waals surface area contributed by atoms with Crippen molar-refractivity contribution in [1.29, 1.82) is 0 Å². The highest BCUT2D eigenvalue weighted by atomic mass is 32.2. The van der Waals surface area contributed by atoms with Crippen molar-refractivity contribution in [2.45, 2.75) is 45.4 Å². The molecule has 1 aromatic rings. The predicted octanol–water partition coefficient (Wildman–Crippen LogP) is 3.99. The zero-order chi connectivity index (χ0) is 19.8. The predicted molar refractivity (Wildman–Crippen MR) is 111 cm³/mol. The number of carbonyl (C=O) groups is 2. The van der Waals surface area contributed by atoms with Gasteiger partial charge in [-0.1, -0.05) is 50.4 Å². The van der Waals surface area contributed by atoms with Crippen molar-refractivity contribution in [3.63, 3.8) is 0 Å². The van der Waals surface area contributed by atoms with Gasteiger partial charge in [-0.15, -0.1) is 0 Å². The number of thiocarbonyl (C=S) groups is 1. The molecule has 0 radical (unpaired) electrons. The number of phenols is 1. The molecule has 0 unspecified atom stereocenters. The van der Waals surface area contributed by atoms with Crippen molar-refractivity contribution >= 4 is 46.2 Å². The van der Waals surface area contributed by atoms with Crippen LogP contribution in [0.25, 0.3) is 6.08 Å². The van der Waals surface area contributed by atoms with Crippen LogP contribution in [-0.2, 0) is 9.59 Å². The van der Waals surface area contributed by atoms with Crippen LogP contribution in [0.1, 0.15) is 51.0 Å². The van der Waals surface area contributed by atoms with Gasteiger partial charge in [-0.2, -0.15) is 5.01 Å². The van der Waals surface area contributed by atoms with Crippen molar-refractivity contribution < 1.29 is 19.4 Å². The molecule has 1 aliphatic rings. The summed E-state index contributed by atoms with van der Waals surface area (Å²) in [5, 5.41) is 10.8. The fourth-order valence-electron chi connectivity index (χ4n) is 2.57. The average molecular weight is 409 g/mol. The molecule has 0 spiro atoms. The first kappa shape index (κ1) is 21.2. The second-order valence-corrected chi connectivity index (χ2v) is 7.82. The van der Waals surface area contributed by atoms with E-state index in [9.17, 15) is 14.7 Å². The lowest BCUT2D eigenvalue weighted by molar-refractivity contribution is -0.133. The second-order valence-electron chi connectivity index (χ2n) is 6.15. The number of aromatic hydroxyl groups is 1. The van der Waals surface area contributed by atoms with Crippen LogP contribution in [0.2, 0.25) is 0 Å². The Morgan fingerprint density at radius 1 is 1.33 bits per heavy atom. The van der Waals surface area contributed by atoms with Gasteiger partial charge >= 0.3 is 0 Å². The van der Waals surface area contributed by atoms with Crippen LogP contribution in [0.4, 0.5) is 0 Å². The summed E-state index contributed by atoms with van der Waals surface area (Å²) in [6, 6.07) is 4.78.